The number of hydrogen-bond donors (Lipinski definition) is 1. The Morgan fingerprint density at radius 3 is 2.50 bits per heavy atom. The fraction of sp³-hybridized carbons (Fsp3) is 0.0833. The molecule has 0 unspecified atom stereocenters. The zero-order valence-electron chi connectivity index (χ0n) is 8.84. The van der Waals surface area contributed by atoms with E-state index in [-0.39, 0.29) is 5.69 Å². The summed E-state index contributed by atoms with van der Waals surface area (Å²) >= 11 is 0. The van der Waals surface area contributed by atoms with Crippen LogP contribution in [-0.4, -0.2) is 15.9 Å². The van der Waals surface area contributed by atoms with Gasteiger partial charge in [0.1, 0.15) is 12.0 Å². The van der Waals surface area contributed by atoms with Crippen LogP contribution in [0.15, 0.2) is 36.7 Å². The second-order valence-electron chi connectivity index (χ2n) is 3.43. The van der Waals surface area contributed by atoms with Crippen molar-refractivity contribution in [3.05, 3.63) is 47.9 Å². The summed E-state index contributed by atoms with van der Waals surface area (Å²) in [7, 11) is 0. The highest BCUT2D eigenvalue weighted by Gasteiger charge is 2.12. The van der Waals surface area contributed by atoms with Crippen LogP contribution in [0.2, 0.25) is 0 Å². The van der Waals surface area contributed by atoms with E-state index in [1.54, 1.807) is 6.92 Å². The van der Waals surface area contributed by atoms with Gasteiger partial charge in [-0.1, -0.05) is 30.3 Å². The summed E-state index contributed by atoms with van der Waals surface area (Å²) in [5.41, 5.74) is 7.90. The van der Waals surface area contributed by atoms with Crippen molar-refractivity contribution in [3.8, 4) is 11.3 Å². The summed E-state index contributed by atoms with van der Waals surface area (Å²) in [6.45, 7) is 1.79. The Bertz CT molecular complexity index is 523. The molecular weight excluding hydrogens is 202 g/mol. The number of nitrogens with zero attached hydrogens (tertiary/aromatic N) is 2. The minimum atomic E-state index is -0.530. The van der Waals surface area contributed by atoms with Crippen LogP contribution in [0.5, 0.6) is 0 Å². The van der Waals surface area contributed by atoms with E-state index in [0.29, 0.717) is 5.56 Å². The summed E-state index contributed by atoms with van der Waals surface area (Å²) < 4.78 is 0. The molecule has 4 nitrogen and oxygen atoms in total. The number of amides is 1. The van der Waals surface area contributed by atoms with Gasteiger partial charge in [-0.2, -0.15) is 0 Å². The Morgan fingerprint density at radius 2 is 1.88 bits per heavy atom. The standard InChI is InChI=1S/C12H11N3O/c1-8-10(9-5-3-2-4-6-9)14-7-15-11(8)12(13)16/h2-7H,1H3,(H2,13,16). The Balaban J connectivity index is 2.59. The van der Waals surface area contributed by atoms with Crippen LogP contribution in [0.4, 0.5) is 0 Å². The Hall–Kier alpha value is -2.23. The van der Waals surface area contributed by atoms with Crippen molar-refractivity contribution in [2.45, 2.75) is 6.92 Å². The molecule has 0 aliphatic heterocycles. The molecule has 1 heterocycles. The number of carbonyl (C=O) groups is 1. The molecule has 1 aromatic carbocycles. The fourth-order valence-corrected chi connectivity index (χ4v) is 1.59. The summed E-state index contributed by atoms with van der Waals surface area (Å²) in [5, 5.41) is 0. The highest BCUT2D eigenvalue weighted by Crippen LogP contribution is 2.21. The van der Waals surface area contributed by atoms with Gasteiger partial charge in [0.15, 0.2) is 0 Å². The van der Waals surface area contributed by atoms with Gasteiger partial charge >= 0.3 is 0 Å². The molecule has 1 amide bonds. The molecular formula is C12H11N3O. The third kappa shape index (κ3) is 1.77. The second kappa shape index (κ2) is 4.10. The minimum absolute atomic E-state index is 0.272. The smallest absolute Gasteiger partial charge is 0.267 e. The average Bonchev–Trinajstić information content (AvgIpc) is 2.30. The molecule has 0 bridgehead atoms. The number of benzene rings is 1. The lowest BCUT2D eigenvalue weighted by Gasteiger charge is -2.06. The van der Waals surface area contributed by atoms with Crippen molar-refractivity contribution in [2.75, 3.05) is 0 Å². The van der Waals surface area contributed by atoms with Gasteiger partial charge in [0.25, 0.3) is 5.91 Å². The van der Waals surface area contributed by atoms with E-state index in [2.05, 4.69) is 9.97 Å². The lowest BCUT2D eigenvalue weighted by molar-refractivity contribution is 0.0995. The molecule has 2 N–H and O–H groups in total. The Kier molecular flexibility index (Phi) is 2.64. The van der Waals surface area contributed by atoms with Crippen LogP contribution >= 0.6 is 0 Å². The second-order valence-corrected chi connectivity index (χ2v) is 3.43. The van der Waals surface area contributed by atoms with Gasteiger partial charge < -0.3 is 5.73 Å². The van der Waals surface area contributed by atoms with E-state index in [1.165, 1.54) is 6.33 Å². The first-order chi connectivity index (χ1) is 7.70. The van der Waals surface area contributed by atoms with Crippen LogP contribution < -0.4 is 5.73 Å². The molecule has 2 rings (SSSR count). The fourth-order valence-electron chi connectivity index (χ4n) is 1.59. The molecule has 0 spiro atoms. The lowest BCUT2D eigenvalue weighted by Crippen LogP contribution is -2.15. The Labute approximate surface area is 93.2 Å². The van der Waals surface area contributed by atoms with Crippen LogP contribution in [-0.2, 0) is 0 Å². The molecule has 0 aliphatic carbocycles. The zero-order valence-corrected chi connectivity index (χ0v) is 8.84. The maximum Gasteiger partial charge on any atom is 0.267 e. The molecule has 2 aromatic rings. The van der Waals surface area contributed by atoms with Crippen molar-refractivity contribution in [3.63, 3.8) is 0 Å². The maximum atomic E-state index is 11.1. The lowest BCUT2D eigenvalue weighted by atomic mass is 10.1. The van der Waals surface area contributed by atoms with E-state index in [1.807, 2.05) is 30.3 Å². The molecule has 0 radical (unpaired) electrons. The zero-order chi connectivity index (χ0) is 11.5. The summed E-state index contributed by atoms with van der Waals surface area (Å²) in [6.07, 6.45) is 1.36. The largest absolute Gasteiger partial charge is 0.364 e. The van der Waals surface area contributed by atoms with Gasteiger partial charge in [-0.3, -0.25) is 4.79 Å². The quantitative estimate of drug-likeness (QED) is 0.822. The van der Waals surface area contributed by atoms with Crippen molar-refractivity contribution in [1.82, 2.24) is 9.97 Å². The van der Waals surface area contributed by atoms with E-state index in [9.17, 15) is 4.79 Å². The van der Waals surface area contributed by atoms with Crippen LogP contribution in [0.25, 0.3) is 11.3 Å². The van der Waals surface area contributed by atoms with Crippen molar-refractivity contribution >= 4 is 5.91 Å². The van der Waals surface area contributed by atoms with Crippen molar-refractivity contribution in [1.29, 1.82) is 0 Å². The predicted molar refractivity (Wildman–Crippen MR) is 60.7 cm³/mol. The first-order valence-electron chi connectivity index (χ1n) is 4.87. The van der Waals surface area contributed by atoms with E-state index in [4.69, 9.17) is 5.73 Å². The van der Waals surface area contributed by atoms with E-state index >= 15 is 0 Å². The first-order valence-corrected chi connectivity index (χ1v) is 4.87. The van der Waals surface area contributed by atoms with E-state index in [0.717, 1.165) is 11.3 Å². The monoisotopic (exact) mass is 213 g/mol. The van der Waals surface area contributed by atoms with E-state index < -0.39 is 5.91 Å². The molecule has 0 aliphatic rings. The highest BCUT2D eigenvalue weighted by atomic mass is 16.1. The highest BCUT2D eigenvalue weighted by molar-refractivity contribution is 5.93. The molecule has 0 saturated heterocycles. The number of hydrogen-bond acceptors (Lipinski definition) is 3. The van der Waals surface area contributed by atoms with Gasteiger partial charge in [-0.05, 0) is 6.92 Å². The third-order valence-electron chi connectivity index (χ3n) is 2.36. The normalized spacial score (nSPS) is 10.1. The van der Waals surface area contributed by atoms with Crippen LogP contribution in [0, 0.1) is 6.92 Å². The van der Waals surface area contributed by atoms with Gasteiger partial charge in [0, 0.05) is 11.1 Å². The average molecular weight is 213 g/mol. The molecule has 4 heteroatoms. The Morgan fingerprint density at radius 1 is 1.19 bits per heavy atom. The molecule has 80 valence electrons. The summed E-state index contributed by atoms with van der Waals surface area (Å²) in [5.74, 6) is -0.530. The maximum absolute atomic E-state index is 11.1. The molecule has 0 saturated carbocycles. The molecule has 0 atom stereocenters. The minimum Gasteiger partial charge on any atom is -0.364 e. The molecule has 1 aromatic heterocycles. The predicted octanol–water partition coefficient (Wildman–Crippen LogP) is 1.55. The van der Waals surface area contributed by atoms with Gasteiger partial charge in [0.05, 0.1) is 5.69 Å². The van der Waals surface area contributed by atoms with Crippen LogP contribution in [0.3, 0.4) is 0 Å². The van der Waals surface area contributed by atoms with Crippen molar-refractivity contribution < 1.29 is 4.79 Å². The van der Waals surface area contributed by atoms with Gasteiger partial charge in [-0.25, -0.2) is 9.97 Å². The number of carbonyl (C=O) groups excluding carboxylic acids is 1. The number of primary amides is 1. The summed E-state index contributed by atoms with van der Waals surface area (Å²) in [4.78, 5) is 19.2. The van der Waals surface area contributed by atoms with Gasteiger partial charge in [-0.15, -0.1) is 0 Å². The van der Waals surface area contributed by atoms with Crippen molar-refractivity contribution in [2.24, 2.45) is 5.73 Å². The third-order valence-corrected chi connectivity index (χ3v) is 2.36. The molecule has 0 fully saturated rings. The summed E-state index contributed by atoms with van der Waals surface area (Å²) in [6, 6.07) is 9.62. The SMILES string of the molecule is Cc1c(C(N)=O)ncnc1-c1ccccc1. The topological polar surface area (TPSA) is 68.9 Å². The number of rotatable bonds is 2. The first kappa shape index (κ1) is 10.3. The van der Waals surface area contributed by atoms with Crippen LogP contribution in [0.1, 0.15) is 16.1 Å². The molecule has 16 heavy (non-hydrogen) atoms. The van der Waals surface area contributed by atoms with Gasteiger partial charge in [0.2, 0.25) is 0 Å². The number of nitrogens with two attached hydrogens (primary N) is 1. The number of aromatic nitrogens is 2.